The summed E-state index contributed by atoms with van der Waals surface area (Å²) in [5, 5.41) is 0. The molecule has 0 amide bonds. The van der Waals surface area contributed by atoms with Crippen LogP contribution in [0.5, 0.6) is 0 Å². The van der Waals surface area contributed by atoms with Gasteiger partial charge < -0.3 is 9.80 Å². The molecule has 3 aliphatic rings. The molecule has 0 spiro atoms. The second-order valence-corrected chi connectivity index (χ2v) is 7.51. The molecule has 1 unspecified atom stereocenters. The molecule has 0 aromatic heterocycles. The molecule has 3 heterocycles. The summed E-state index contributed by atoms with van der Waals surface area (Å²) in [5.41, 5.74) is 4.19. The third-order valence-electron chi connectivity index (χ3n) is 5.98. The van der Waals surface area contributed by atoms with E-state index in [1.54, 1.807) is 6.08 Å². The van der Waals surface area contributed by atoms with Crippen LogP contribution in [-0.2, 0) is 5.41 Å². The number of para-hydroxylation sites is 1. The molecule has 0 saturated carbocycles. The molecular weight excluding hydrogens is 263 g/mol. The largest absolute Gasteiger partial charge is 0.358 e. The van der Waals surface area contributed by atoms with E-state index >= 15 is 0 Å². The predicted octanol–water partition coefficient (Wildman–Crippen LogP) is 4.25. The molecule has 4 rings (SSSR count). The van der Waals surface area contributed by atoms with Crippen LogP contribution in [0.25, 0.3) is 6.08 Å². The Morgan fingerprint density at radius 1 is 1.14 bits per heavy atom. The quantitative estimate of drug-likeness (QED) is 0.703. The molecule has 110 valence electrons. The summed E-state index contributed by atoms with van der Waals surface area (Å²) in [6, 6.07) is 6.26. The second-order valence-electron chi connectivity index (χ2n) is 7.51. The lowest BCUT2D eigenvalue weighted by atomic mass is 9.59. The third-order valence-corrected chi connectivity index (χ3v) is 5.98. The van der Waals surface area contributed by atoms with Crippen LogP contribution in [0.4, 0.5) is 10.1 Å². The maximum Gasteiger partial charge on any atom is 0.149 e. The fourth-order valence-electron chi connectivity index (χ4n) is 4.22. The minimum atomic E-state index is -0.135. The lowest BCUT2D eigenvalue weighted by Gasteiger charge is -2.57. The lowest BCUT2D eigenvalue weighted by molar-refractivity contribution is 0.0756. The first kappa shape index (κ1) is 12.9. The number of benzene rings is 1. The zero-order chi connectivity index (χ0) is 15.2. The zero-order valence-electron chi connectivity index (χ0n) is 13.2. The van der Waals surface area contributed by atoms with E-state index in [2.05, 4.69) is 50.6 Å². The molecule has 0 fully saturated rings. The summed E-state index contributed by atoms with van der Waals surface area (Å²) in [5.74, 6) is -0.135. The second kappa shape index (κ2) is 3.52. The van der Waals surface area contributed by atoms with Crippen molar-refractivity contribution in [3.8, 4) is 0 Å². The van der Waals surface area contributed by atoms with Crippen LogP contribution in [0.1, 0.15) is 38.8 Å². The molecule has 0 N–H and O–H groups in total. The number of hydrogen-bond donors (Lipinski definition) is 0. The summed E-state index contributed by atoms with van der Waals surface area (Å²) in [6.45, 7) is 9.19. The van der Waals surface area contributed by atoms with E-state index < -0.39 is 0 Å². The minimum absolute atomic E-state index is 0.0107. The van der Waals surface area contributed by atoms with Crippen LogP contribution in [0.15, 0.2) is 35.9 Å². The van der Waals surface area contributed by atoms with Crippen LogP contribution < -0.4 is 4.90 Å². The summed E-state index contributed by atoms with van der Waals surface area (Å²) >= 11 is 0. The Hall–Kier alpha value is -1.77. The Bertz CT molecular complexity index is 712. The van der Waals surface area contributed by atoms with Crippen molar-refractivity contribution >= 4 is 11.8 Å². The average Bonchev–Trinajstić information content (AvgIpc) is 2.75. The Labute approximate surface area is 125 Å². The molecule has 21 heavy (non-hydrogen) atoms. The lowest BCUT2D eigenvalue weighted by Crippen LogP contribution is -2.60. The van der Waals surface area contributed by atoms with Crippen LogP contribution in [-0.4, -0.2) is 18.1 Å². The highest BCUT2D eigenvalue weighted by molar-refractivity contribution is 5.84. The summed E-state index contributed by atoms with van der Waals surface area (Å²) in [4.78, 5) is 4.36. The SMILES string of the molecule is CN1C=C2C(F)=Cc3cccc4c3N2C1C(C)(C)C4(C)C. The van der Waals surface area contributed by atoms with Gasteiger partial charge in [-0.15, -0.1) is 0 Å². The van der Waals surface area contributed by atoms with Gasteiger partial charge in [0.2, 0.25) is 0 Å². The standard InChI is InChI=1S/C18H21FN2/c1-17(2)12-8-6-7-11-9-13(19)14-10-20(5)16(18(17,3)4)21(14)15(11)12/h6-10,16H,1-5H3. The van der Waals surface area contributed by atoms with Crippen molar-refractivity contribution in [1.82, 2.24) is 4.90 Å². The van der Waals surface area contributed by atoms with Crippen molar-refractivity contribution in [2.75, 3.05) is 11.9 Å². The topological polar surface area (TPSA) is 6.48 Å². The van der Waals surface area contributed by atoms with Crippen molar-refractivity contribution < 1.29 is 4.39 Å². The van der Waals surface area contributed by atoms with Gasteiger partial charge in [0.25, 0.3) is 0 Å². The number of anilines is 1. The van der Waals surface area contributed by atoms with E-state index in [1.165, 1.54) is 11.3 Å². The van der Waals surface area contributed by atoms with Gasteiger partial charge in [-0.3, -0.25) is 0 Å². The van der Waals surface area contributed by atoms with Crippen molar-refractivity contribution in [1.29, 1.82) is 0 Å². The summed E-state index contributed by atoms with van der Waals surface area (Å²) < 4.78 is 14.5. The molecule has 1 aromatic rings. The molecule has 1 atom stereocenters. The number of halogens is 1. The smallest absolute Gasteiger partial charge is 0.149 e. The minimum Gasteiger partial charge on any atom is -0.358 e. The van der Waals surface area contributed by atoms with Crippen LogP contribution in [0, 0.1) is 5.41 Å². The van der Waals surface area contributed by atoms with Gasteiger partial charge in [0.1, 0.15) is 12.0 Å². The fourth-order valence-corrected chi connectivity index (χ4v) is 4.22. The Kier molecular flexibility index (Phi) is 2.17. The van der Waals surface area contributed by atoms with E-state index in [0.717, 1.165) is 5.56 Å². The number of hydrogen-bond acceptors (Lipinski definition) is 2. The molecule has 0 aliphatic carbocycles. The maximum atomic E-state index is 14.5. The van der Waals surface area contributed by atoms with E-state index in [1.807, 2.05) is 18.3 Å². The van der Waals surface area contributed by atoms with Crippen LogP contribution in [0.2, 0.25) is 0 Å². The van der Waals surface area contributed by atoms with Gasteiger partial charge in [0, 0.05) is 29.6 Å². The van der Waals surface area contributed by atoms with E-state index in [9.17, 15) is 4.39 Å². The molecule has 0 saturated heterocycles. The van der Waals surface area contributed by atoms with Gasteiger partial charge in [-0.05, 0) is 11.6 Å². The van der Waals surface area contributed by atoms with Gasteiger partial charge in [-0.2, -0.15) is 0 Å². The monoisotopic (exact) mass is 284 g/mol. The highest BCUT2D eigenvalue weighted by Gasteiger charge is 2.57. The summed E-state index contributed by atoms with van der Waals surface area (Å²) in [7, 11) is 2.05. The van der Waals surface area contributed by atoms with Crippen LogP contribution in [0.3, 0.4) is 0 Å². The normalized spacial score (nSPS) is 27.2. The molecule has 3 heteroatoms. The molecule has 2 nitrogen and oxygen atoms in total. The van der Waals surface area contributed by atoms with E-state index in [4.69, 9.17) is 0 Å². The van der Waals surface area contributed by atoms with Gasteiger partial charge in [-0.25, -0.2) is 4.39 Å². The molecule has 3 aliphatic heterocycles. The van der Waals surface area contributed by atoms with E-state index in [0.29, 0.717) is 5.70 Å². The number of nitrogens with zero attached hydrogens (tertiary/aromatic N) is 2. The maximum absolute atomic E-state index is 14.5. The van der Waals surface area contributed by atoms with E-state index in [-0.39, 0.29) is 22.8 Å². The highest BCUT2D eigenvalue weighted by atomic mass is 19.1. The molecule has 0 radical (unpaired) electrons. The first-order chi connectivity index (χ1) is 9.76. The van der Waals surface area contributed by atoms with Gasteiger partial charge in [0.15, 0.2) is 0 Å². The fraction of sp³-hybridized carbons (Fsp3) is 0.444. The highest BCUT2D eigenvalue weighted by Crippen LogP contribution is 2.59. The molecule has 0 bridgehead atoms. The number of rotatable bonds is 0. The summed E-state index contributed by atoms with van der Waals surface area (Å²) in [6.07, 6.45) is 3.76. The average molecular weight is 284 g/mol. The van der Waals surface area contributed by atoms with Gasteiger partial charge in [-0.1, -0.05) is 45.9 Å². The van der Waals surface area contributed by atoms with Crippen molar-refractivity contribution in [3.05, 3.63) is 47.0 Å². The van der Waals surface area contributed by atoms with Crippen LogP contribution >= 0.6 is 0 Å². The van der Waals surface area contributed by atoms with Gasteiger partial charge in [0.05, 0.1) is 11.4 Å². The van der Waals surface area contributed by atoms with Crippen molar-refractivity contribution in [2.45, 2.75) is 39.3 Å². The Balaban J connectivity index is 2.12. The van der Waals surface area contributed by atoms with Crippen molar-refractivity contribution in [3.63, 3.8) is 0 Å². The molecular formula is C18H21FN2. The zero-order valence-corrected chi connectivity index (χ0v) is 13.2. The molecule has 1 aromatic carbocycles. The predicted molar refractivity (Wildman–Crippen MR) is 84.4 cm³/mol. The third kappa shape index (κ3) is 1.28. The first-order valence-corrected chi connectivity index (χ1v) is 7.51. The Morgan fingerprint density at radius 2 is 1.86 bits per heavy atom. The Morgan fingerprint density at radius 3 is 2.57 bits per heavy atom. The van der Waals surface area contributed by atoms with Gasteiger partial charge >= 0.3 is 0 Å². The first-order valence-electron chi connectivity index (χ1n) is 7.51. The number of allylic oxidation sites excluding steroid dienone is 1. The van der Waals surface area contributed by atoms with Crippen molar-refractivity contribution in [2.24, 2.45) is 5.41 Å².